The van der Waals surface area contributed by atoms with E-state index < -0.39 is 0 Å². The smallest absolute Gasteiger partial charge is 0.193 e. The molecule has 0 amide bonds. The second kappa shape index (κ2) is 9.54. The van der Waals surface area contributed by atoms with Gasteiger partial charge in [-0.1, -0.05) is 32.8 Å². The molecule has 1 aromatic carbocycles. The van der Waals surface area contributed by atoms with Crippen molar-refractivity contribution in [3.63, 3.8) is 0 Å². The quantitative estimate of drug-likeness (QED) is 0.587. The van der Waals surface area contributed by atoms with Crippen LogP contribution in [-0.2, 0) is 6.42 Å². The van der Waals surface area contributed by atoms with Crippen LogP contribution >= 0.6 is 0 Å². The number of phenols is 1. The number of guanidine groups is 1. The minimum atomic E-state index is 0.283. The Kier molecular flexibility index (Phi) is 7.41. The Hall–Kier alpha value is -1.91. The highest BCUT2D eigenvalue weighted by Gasteiger charge is 2.29. The van der Waals surface area contributed by atoms with Crippen molar-refractivity contribution in [3.05, 3.63) is 23.8 Å². The lowest BCUT2D eigenvalue weighted by Crippen LogP contribution is -2.41. The zero-order chi connectivity index (χ0) is 18.2. The van der Waals surface area contributed by atoms with Crippen molar-refractivity contribution in [2.75, 3.05) is 33.8 Å². The van der Waals surface area contributed by atoms with E-state index in [0.29, 0.717) is 5.75 Å². The summed E-state index contributed by atoms with van der Waals surface area (Å²) in [6.07, 6.45) is 4.53. The first kappa shape index (κ1) is 19.4. The van der Waals surface area contributed by atoms with E-state index in [1.807, 2.05) is 19.2 Å². The number of benzene rings is 1. The van der Waals surface area contributed by atoms with Crippen LogP contribution in [0.25, 0.3) is 0 Å². The van der Waals surface area contributed by atoms with Crippen LogP contribution in [0.5, 0.6) is 11.5 Å². The Morgan fingerprint density at radius 2 is 2.16 bits per heavy atom. The molecule has 1 fully saturated rings. The molecule has 1 unspecified atom stereocenters. The average Bonchev–Trinajstić information content (AvgIpc) is 3.10. The van der Waals surface area contributed by atoms with Crippen LogP contribution in [0.3, 0.4) is 0 Å². The number of rotatable bonds is 7. The molecule has 0 aromatic heterocycles. The molecule has 5 heteroatoms. The molecule has 0 aliphatic carbocycles. The normalized spacial score (nSPS) is 18.0. The van der Waals surface area contributed by atoms with E-state index in [1.165, 1.54) is 19.3 Å². The lowest BCUT2D eigenvalue weighted by atomic mass is 9.87. The molecule has 5 nitrogen and oxygen atoms in total. The summed E-state index contributed by atoms with van der Waals surface area (Å²) in [5.74, 6) is 3.53. The van der Waals surface area contributed by atoms with Crippen molar-refractivity contribution in [3.8, 4) is 11.5 Å². The van der Waals surface area contributed by atoms with Gasteiger partial charge in [0.05, 0.1) is 7.11 Å². The number of phenolic OH excluding ortho intramolecular Hbond substituents is 1. The highest BCUT2D eigenvalue weighted by Crippen LogP contribution is 2.28. The van der Waals surface area contributed by atoms with Crippen molar-refractivity contribution >= 4 is 5.96 Å². The molecule has 140 valence electrons. The maximum Gasteiger partial charge on any atom is 0.193 e. The van der Waals surface area contributed by atoms with Crippen molar-refractivity contribution in [1.29, 1.82) is 0 Å². The van der Waals surface area contributed by atoms with Gasteiger partial charge in [0.1, 0.15) is 11.5 Å². The number of hydrogen-bond acceptors (Lipinski definition) is 3. The van der Waals surface area contributed by atoms with Crippen LogP contribution in [-0.4, -0.2) is 49.8 Å². The van der Waals surface area contributed by atoms with E-state index in [2.05, 4.69) is 29.1 Å². The van der Waals surface area contributed by atoms with Crippen molar-refractivity contribution in [2.45, 2.75) is 39.5 Å². The van der Waals surface area contributed by atoms with E-state index in [0.717, 1.165) is 49.4 Å². The topological polar surface area (TPSA) is 57.1 Å². The summed E-state index contributed by atoms with van der Waals surface area (Å²) in [5, 5.41) is 13.5. The number of methoxy groups -OCH3 is 1. The third kappa shape index (κ3) is 5.03. The maximum absolute atomic E-state index is 10.1. The Morgan fingerprint density at radius 3 is 2.76 bits per heavy atom. The molecule has 1 heterocycles. The van der Waals surface area contributed by atoms with Gasteiger partial charge in [-0.15, -0.1) is 0 Å². The predicted molar refractivity (Wildman–Crippen MR) is 103 cm³/mol. The van der Waals surface area contributed by atoms with Crippen LogP contribution in [0.2, 0.25) is 0 Å². The van der Waals surface area contributed by atoms with Gasteiger partial charge >= 0.3 is 0 Å². The fraction of sp³-hybridized carbons (Fsp3) is 0.650. The van der Waals surface area contributed by atoms with Crippen molar-refractivity contribution in [1.82, 2.24) is 10.2 Å². The summed E-state index contributed by atoms with van der Waals surface area (Å²) in [7, 11) is 3.45. The van der Waals surface area contributed by atoms with Crippen molar-refractivity contribution < 1.29 is 9.84 Å². The first-order valence-electron chi connectivity index (χ1n) is 9.44. The van der Waals surface area contributed by atoms with E-state index in [9.17, 15) is 5.11 Å². The molecule has 2 rings (SSSR count). The molecular formula is C20H33N3O2. The number of hydrogen-bond donors (Lipinski definition) is 2. The van der Waals surface area contributed by atoms with E-state index in [4.69, 9.17) is 4.74 Å². The molecule has 1 aromatic rings. The summed E-state index contributed by atoms with van der Waals surface area (Å²) in [5.41, 5.74) is 0.917. The molecule has 1 atom stereocenters. The number of nitrogens with one attached hydrogen (secondary N) is 1. The number of aromatic hydroxyl groups is 1. The number of aliphatic imine (C=N–C) groups is 1. The van der Waals surface area contributed by atoms with Gasteiger partial charge in [-0.25, -0.2) is 0 Å². The molecule has 0 saturated carbocycles. The predicted octanol–water partition coefficient (Wildman–Crippen LogP) is 3.28. The van der Waals surface area contributed by atoms with Crippen LogP contribution in [0.1, 0.15) is 38.7 Å². The minimum absolute atomic E-state index is 0.283. The molecule has 2 N–H and O–H groups in total. The fourth-order valence-electron chi connectivity index (χ4n) is 3.84. The maximum atomic E-state index is 10.1. The van der Waals surface area contributed by atoms with Gasteiger partial charge in [0.2, 0.25) is 0 Å². The molecule has 1 aliphatic rings. The zero-order valence-electron chi connectivity index (χ0n) is 16.1. The molecule has 0 radical (unpaired) electrons. The van der Waals surface area contributed by atoms with Gasteiger partial charge in [-0.3, -0.25) is 4.99 Å². The molecule has 1 saturated heterocycles. The molecule has 0 spiro atoms. The minimum Gasteiger partial charge on any atom is -0.508 e. The van der Waals surface area contributed by atoms with Crippen LogP contribution < -0.4 is 10.1 Å². The van der Waals surface area contributed by atoms with Gasteiger partial charge in [-0.05, 0) is 36.3 Å². The Labute approximate surface area is 152 Å². The highest BCUT2D eigenvalue weighted by molar-refractivity contribution is 5.80. The number of likely N-dealkylation sites (tertiary alicyclic amines) is 1. The fourth-order valence-corrected chi connectivity index (χ4v) is 3.84. The van der Waals surface area contributed by atoms with Gasteiger partial charge in [0.15, 0.2) is 5.96 Å². The Bertz CT molecular complexity index is 570. The zero-order valence-corrected chi connectivity index (χ0v) is 16.1. The van der Waals surface area contributed by atoms with Gasteiger partial charge < -0.3 is 20.1 Å². The molecular weight excluding hydrogens is 314 g/mol. The second-order valence-electron chi connectivity index (χ2n) is 6.79. The molecule has 25 heavy (non-hydrogen) atoms. The van der Waals surface area contributed by atoms with Gasteiger partial charge in [0, 0.05) is 32.7 Å². The Morgan fingerprint density at radius 1 is 1.40 bits per heavy atom. The number of nitrogens with zero attached hydrogens (tertiary/aromatic N) is 2. The SMILES string of the molecule is CCC(CC)C1CCN(C(=NC)NCCc2ccc(OC)cc2O)C1. The highest BCUT2D eigenvalue weighted by atomic mass is 16.5. The third-order valence-corrected chi connectivity index (χ3v) is 5.42. The summed E-state index contributed by atoms with van der Waals surface area (Å²) in [6.45, 7) is 7.52. The summed E-state index contributed by atoms with van der Waals surface area (Å²) >= 11 is 0. The van der Waals surface area contributed by atoms with E-state index in [1.54, 1.807) is 13.2 Å². The van der Waals surface area contributed by atoms with Gasteiger partial charge in [0.25, 0.3) is 0 Å². The average molecular weight is 348 g/mol. The summed E-state index contributed by atoms with van der Waals surface area (Å²) < 4.78 is 5.12. The second-order valence-corrected chi connectivity index (χ2v) is 6.79. The third-order valence-electron chi connectivity index (χ3n) is 5.42. The van der Waals surface area contributed by atoms with E-state index in [-0.39, 0.29) is 5.75 Å². The van der Waals surface area contributed by atoms with Crippen LogP contribution in [0, 0.1) is 11.8 Å². The molecule has 0 bridgehead atoms. The van der Waals surface area contributed by atoms with Crippen molar-refractivity contribution in [2.24, 2.45) is 16.8 Å². The van der Waals surface area contributed by atoms with Crippen LogP contribution in [0.15, 0.2) is 23.2 Å². The van der Waals surface area contributed by atoms with Gasteiger partial charge in [-0.2, -0.15) is 0 Å². The Balaban J connectivity index is 1.85. The lowest BCUT2D eigenvalue weighted by molar-refractivity contribution is 0.319. The van der Waals surface area contributed by atoms with E-state index >= 15 is 0 Å². The standard InChI is InChI=1S/C20H33N3O2/c1-5-15(6-2)17-10-12-23(14-17)20(21-3)22-11-9-16-7-8-18(25-4)13-19(16)24/h7-8,13,15,17,24H,5-6,9-12,14H2,1-4H3,(H,21,22). The monoisotopic (exact) mass is 347 g/mol. The first-order chi connectivity index (χ1) is 12.1. The molecule has 1 aliphatic heterocycles. The largest absolute Gasteiger partial charge is 0.508 e. The van der Waals surface area contributed by atoms with Crippen LogP contribution in [0.4, 0.5) is 0 Å². The lowest BCUT2D eigenvalue weighted by Gasteiger charge is -2.24. The summed E-state index contributed by atoms with van der Waals surface area (Å²) in [4.78, 5) is 6.82. The number of ether oxygens (including phenoxy) is 1. The summed E-state index contributed by atoms with van der Waals surface area (Å²) in [6, 6.07) is 5.45. The first-order valence-corrected chi connectivity index (χ1v) is 9.44.